The Bertz CT molecular complexity index is 999. The van der Waals surface area contributed by atoms with Crippen molar-refractivity contribution >= 4 is 17.2 Å². The number of amides is 1. The molecule has 1 aliphatic carbocycles. The van der Waals surface area contributed by atoms with Crippen molar-refractivity contribution < 1.29 is 14.3 Å². The highest BCUT2D eigenvalue weighted by Gasteiger charge is 2.42. The monoisotopic (exact) mass is 406 g/mol. The molecule has 0 N–H and O–H groups in total. The van der Waals surface area contributed by atoms with Gasteiger partial charge in [0.05, 0.1) is 17.8 Å². The molecule has 2 aliphatic heterocycles. The third kappa shape index (κ3) is 3.66. The number of allylic oxidation sites excluding steroid dienone is 4. The SMILES string of the molecule is O=C(C1=CCC=CC=C1)N1CCC2(CC1)OCc1cc(-c3cscn3)ccc1O2. The van der Waals surface area contributed by atoms with E-state index < -0.39 is 5.79 Å². The Morgan fingerprint density at radius 1 is 1.21 bits per heavy atom. The van der Waals surface area contributed by atoms with Gasteiger partial charge in [-0.15, -0.1) is 11.3 Å². The molecule has 0 saturated carbocycles. The summed E-state index contributed by atoms with van der Waals surface area (Å²) in [7, 11) is 0. The number of thiazole rings is 1. The molecule has 5 rings (SSSR count). The summed E-state index contributed by atoms with van der Waals surface area (Å²) >= 11 is 1.59. The Hall–Kier alpha value is -2.70. The van der Waals surface area contributed by atoms with Gasteiger partial charge in [0.15, 0.2) is 0 Å². The van der Waals surface area contributed by atoms with Crippen LogP contribution in [0.2, 0.25) is 0 Å². The number of fused-ring (bicyclic) bond motifs is 1. The lowest BCUT2D eigenvalue weighted by Gasteiger charge is -2.44. The number of aromatic nitrogens is 1. The predicted molar refractivity (Wildman–Crippen MR) is 112 cm³/mol. The zero-order chi connectivity index (χ0) is 19.7. The first kappa shape index (κ1) is 18.3. The highest BCUT2D eigenvalue weighted by molar-refractivity contribution is 7.07. The molecule has 5 nitrogen and oxygen atoms in total. The van der Waals surface area contributed by atoms with Crippen molar-refractivity contribution in [1.29, 1.82) is 0 Å². The molecule has 6 heteroatoms. The Kier molecular flexibility index (Phi) is 4.81. The molecule has 0 bridgehead atoms. The van der Waals surface area contributed by atoms with E-state index in [2.05, 4.69) is 11.1 Å². The minimum absolute atomic E-state index is 0.0870. The molecule has 3 heterocycles. The molecule has 0 atom stereocenters. The molecule has 3 aliphatic rings. The second-order valence-corrected chi connectivity index (χ2v) is 8.19. The first-order valence-electron chi connectivity index (χ1n) is 9.90. The molecule has 1 amide bonds. The van der Waals surface area contributed by atoms with Crippen molar-refractivity contribution in [1.82, 2.24) is 9.88 Å². The first-order valence-corrected chi connectivity index (χ1v) is 10.8. The van der Waals surface area contributed by atoms with Crippen LogP contribution in [0.1, 0.15) is 24.8 Å². The van der Waals surface area contributed by atoms with Crippen molar-refractivity contribution in [3.8, 4) is 17.0 Å². The van der Waals surface area contributed by atoms with Gasteiger partial charge in [-0.25, -0.2) is 4.98 Å². The molecular formula is C23H22N2O3S. The van der Waals surface area contributed by atoms with Gasteiger partial charge in [0.1, 0.15) is 5.75 Å². The smallest absolute Gasteiger partial charge is 0.253 e. The first-order chi connectivity index (χ1) is 14.2. The Morgan fingerprint density at radius 2 is 2.10 bits per heavy atom. The number of carbonyl (C=O) groups excluding carboxylic acids is 1. The van der Waals surface area contributed by atoms with Crippen LogP contribution in [0.3, 0.4) is 0 Å². The molecule has 2 aromatic rings. The van der Waals surface area contributed by atoms with Crippen molar-refractivity contribution in [3.63, 3.8) is 0 Å². The number of rotatable bonds is 2. The summed E-state index contributed by atoms with van der Waals surface area (Å²) in [5, 5.41) is 2.04. The lowest BCUT2D eigenvalue weighted by Crippen LogP contribution is -2.52. The topological polar surface area (TPSA) is 51.7 Å². The van der Waals surface area contributed by atoms with Gasteiger partial charge in [0, 0.05) is 48.0 Å². The second kappa shape index (κ2) is 7.61. The number of piperidine rings is 1. The quantitative estimate of drug-likeness (QED) is 0.738. The summed E-state index contributed by atoms with van der Waals surface area (Å²) in [6.45, 7) is 1.77. The molecular weight excluding hydrogens is 384 g/mol. The third-order valence-corrected chi connectivity index (χ3v) is 6.22. The van der Waals surface area contributed by atoms with E-state index in [1.165, 1.54) is 0 Å². The van der Waals surface area contributed by atoms with E-state index in [1.54, 1.807) is 11.3 Å². The molecule has 0 unspecified atom stereocenters. The summed E-state index contributed by atoms with van der Waals surface area (Å²) in [5.41, 5.74) is 5.69. The number of hydrogen-bond acceptors (Lipinski definition) is 5. The van der Waals surface area contributed by atoms with Gasteiger partial charge >= 0.3 is 0 Å². The van der Waals surface area contributed by atoms with Gasteiger partial charge in [-0.2, -0.15) is 0 Å². The van der Waals surface area contributed by atoms with Crippen LogP contribution in [0, 0.1) is 0 Å². The van der Waals surface area contributed by atoms with Crippen LogP contribution in [-0.4, -0.2) is 34.7 Å². The number of nitrogens with zero attached hydrogens (tertiary/aromatic N) is 2. The van der Waals surface area contributed by atoms with E-state index in [-0.39, 0.29) is 5.91 Å². The van der Waals surface area contributed by atoms with Crippen molar-refractivity contribution in [2.45, 2.75) is 31.7 Å². The van der Waals surface area contributed by atoms with E-state index in [0.717, 1.165) is 34.6 Å². The highest BCUT2D eigenvalue weighted by atomic mass is 32.1. The molecule has 1 saturated heterocycles. The molecule has 1 aromatic heterocycles. The van der Waals surface area contributed by atoms with Gasteiger partial charge in [-0.1, -0.05) is 24.3 Å². The van der Waals surface area contributed by atoms with E-state index in [0.29, 0.717) is 32.5 Å². The van der Waals surface area contributed by atoms with Gasteiger partial charge in [0.25, 0.3) is 5.91 Å². The third-order valence-electron chi connectivity index (χ3n) is 5.63. The normalized spacial score (nSPS) is 20.0. The van der Waals surface area contributed by atoms with Crippen LogP contribution in [-0.2, 0) is 16.1 Å². The molecule has 1 fully saturated rings. The molecule has 1 aromatic carbocycles. The molecule has 1 spiro atoms. The van der Waals surface area contributed by atoms with E-state index in [1.807, 2.05) is 58.3 Å². The van der Waals surface area contributed by atoms with Crippen LogP contribution < -0.4 is 4.74 Å². The van der Waals surface area contributed by atoms with Crippen molar-refractivity contribution in [2.24, 2.45) is 0 Å². The molecule has 148 valence electrons. The van der Waals surface area contributed by atoms with Gasteiger partial charge < -0.3 is 14.4 Å². The Morgan fingerprint density at radius 3 is 2.93 bits per heavy atom. The molecule has 29 heavy (non-hydrogen) atoms. The highest BCUT2D eigenvalue weighted by Crippen LogP contribution is 2.39. The maximum atomic E-state index is 12.8. The average molecular weight is 407 g/mol. The van der Waals surface area contributed by atoms with Crippen molar-refractivity contribution in [3.05, 3.63) is 70.6 Å². The maximum absolute atomic E-state index is 12.8. The second-order valence-electron chi connectivity index (χ2n) is 7.47. The van der Waals surface area contributed by atoms with Gasteiger partial charge in [-0.05, 0) is 30.7 Å². The fourth-order valence-corrected chi connectivity index (χ4v) is 4.52. The summed E-state index contributed by atoms with van der Waals surface area (Å²) < 4.78 is 12.5. The fourth-order valence-electron chi connectivity index (χ4n) is 3.96. The van der Waals surface area contributed by atoms with Gasteiger partial charge in [-0.3, -0.25) is 4.79 Å². The summed E-state index contributed by atoms with van der Waals surface area (Å²) in [6, 6.07) is 6.15. The van der Waals surface area contributed by atoms with Crippen LogP contribution in [0.15, 0.2) is 65.0 Å². The summed E-state index contributed by atoms with van der Waals surface area (Å²) in [5.74, 6) is 0.320. The Balaban J connectivity index is 1.26. The minimum atomic E-state index is -0.638. The maximum Gasteiger partial charge on any atom is 0.253 e. The van der Waals surface area contributed by atoms with Crippen LogP contribution in [0.25, 0.3) is 11.3 Å². The minimum Gasteiger partial charge on any atom is -0.462 e. The van der Waals surface area contributed by atoms with Crippen LogP contribution >= 0.6 is 11.3 Å². The van der Waals surface area contributed by atoms with Crippen molar-refractivity contribution in [2.75, 3.05) is 13.1 Å². The van der Waals surface area contributed by atoms with E-state index in [4.69, 9.17) is 9.47 Å². The van der Waals surface area contributed by atoms with E-state index >= 15 is 0 Å². The standard InChI is InChI=1S/C23H22N2O3S/c26-22(17-5-3-1-2-4-6-17)25-11-9-23(10-12-25)27-14-19-13-18(7-8-21(19)28-23)20-15-29-16-24-20/h1-3,5-8,13,15-16H,4,9-12,14H2. The fraction of sp³-hybridized carbons (Fsp3) is 0.304. The predicted octanol–water partition coefficient (Wildman–Crippen LogP) is 4.48. The zero-order valence-corrected chi connectivity index (χ0v) is 16.9. The number of benzene rings is 1. The number of ether oxygens (including phenoxy) is 2. The largest absolute Gasteiger partial charge is 0.462 e. The number of likely N-dealkylation sites (tertiary alicyclic amines) is 1. The molecule has 0 radical (unpaired) electrons. The van der Waals surface area contributed by atoms with Crippen LogP contribution in [0.5, 0.6) is 5.75 Å². The lowest BCUT2D eigenvalue weighted by molar-refractivity contribution is -0.227. The van der Waals surface area contributed by atoms with Crippen LogP contribution in [0.4, 0.5) is 0 Å². The lowest BCUT2D eigenvalue weighted by atomic mass is 9.99. The number of carbonyl (C=O) groups is 1. The Labute approximate surface area is 174 Å². The van der Waals surface area contributed by atoms with Gasteiger partial charge in [0.2, 0.25) is 5.79 Å². The number of hydrogen-bond donors (Lipinski definition) is 0. The average Bonchev–Trinajstić information content (AvgIpc) is 3.16. The van der Waals surface area contributed by atoms with E-state index in [9.17, 15) is 4.79 Å². The zero-order valence-electron chi connectivity index (χ0n) is 16.0. The summed E-state index contributed by atoms with van der Waals surface area (Å²) in [4.78, 5) is 19.1. The summed E-state index contributed by atoms with van der Waals surface area (Å²) in [6.07, 6.45) is 11.9.